The summed E-state index contributed by atoms with van der Waals surface area (Å²) < 4.78 is 1.71. The third kappa shape index (κ3) is 4.11. The second-order valence-corrected chi connectivity index (χ2v) is 9.17. The summed E-state index contributed by atoms with van der Waals surface area (Å²) in [6.45, 7) is 2.22. The van der Waals surface area contributed by atoms with Crippen molar-refractivity contribution in [3.63, 3.8) is 0 Å². The average Bonchev–Trinajstić information content (AvgIpc) is 3.26. The van der Waals surface area contributed by atoms with Crippen molar-refractivity contribution >= 4 is 11.3 Å². The van der Waals surface area contributed by atoms with Gasteiger partial charge in [0.05, 0.1) is 15.6 Å². The molecule has 156 valence electrons. The van der Waals surface area contributed by atoms with E-state index in [0.29, 0.717) is 5.92 Å². The van der Waals surface area contributed by atoms with Crippen molar-refractivity contribution in [2.45, 2.75) is 18.8 Å². The van der Waals surface area contributed by atoms with Crippen molar-refractivity contribution in [1.29, 1.82) is 0 Å². The molecule has 0 saturated carbocycles. The van der Waals surface area contributed by atoms with Crippen LogP contribution in [-0.4, -0.2) is 34.6 Å². The van der Waals surface area contributed by atoms with E-state index in [1.807, 2.05) is 48.7 Å². The zero-order valence-electron chi connectivity index (χ0n) is 17.6. The van der Waals surface area contributed by atoms with Gasteiger partial charge in [-0.15, -0.1) is 11.3 Å². The molecule has 5 heteroatoms. The predicted molar refractivity (Wildman–Crippen MR) is 128 cm³/mol. The molecular weight excluding hydrogens is 402 g/mol. The van der Waals surface area contributed by atoms with Gasteiger partial charge >= 0.3 is 0 Å². The Bertz CT molecular complexity index is 1220. The van der Waals surface area contributed by atoms with Crippen molar-refractivity contribution < 1.29 is 0 Å². The lowest BCUT2D eigenvalue weighted by Gasteiger charge is -2.27. The van der Waals surface area contributed by atoms with Crippen LogP contribution in [0.5, 0.6) is 0 Å². The van der Waals surface area contributed by atoms with Crippen molar-refractivity contribution in [3.8, 4) is 27.4 Å². The first-order chi connectivity index (χ1) is 15.2. The first kappa shape index (κ1) is 19.9. The van der Waals surface area contributed by atoms with Crippen molar-refractivity contribution in [2.75, 3.05) is 20.1 Å². The number of piperidine rings is 1. The van der Waals surface area contributed by atoms with Crippen LogP contribution in [0, 0.1) is 0 Å². The van der Waals surface area contributed by atoms with E-state index in [9.17, 15) is 4.79 Å². The minimum Gasteiger partial charge on any atom is -0.306 e. The Hall–Kier alpha value is -3.02. The number of para-hydroxylation sites is 1. The Kier molecular flexibility index (Phi) is 5.53. The summed E-state index contributed by atoms with van der Waals surface area (Å²) in [5, 5.41) is 1.21. The second-order valence-electron chi connectivity index (χ2n) is 8.13. The fourth-order valence-corrected chi connectivity index (χ4v) is 5.43. The third-order valence-corrected chi connectivity index (χ3v) is 7.23. The van der Waals surface area contributed by atoms with Crippen LogP contribution >= 0.6 is 11.3 Å². The monoisotopic (exact) mass is 427 g/mol. The molecular formula is C26H25N3OS. The highest BCUT2D eigenvalue weighted by Gasteiger charge is 2.24. The highest BCUT2D eigenvalue weighted by molar-refractivity contribution is 7.15. The van der Waals surface area contributed by atoms with Gasteiger partial charge in [0.2, 0.25) is 0 Å². The summed E-state index contributed by atoms with van der Waals surface area (Å²) in [6, 6.07) is 23.8. The molecule has 31 heavy (non-hydrogen) atoms. The summed E-state index contributed by atoms with van der Waals surface area (Å²) in [5.41, 5.74) is 3.93. The van der Waals surface area contributed by atoms with E-state index in [-0.39, 0.29) is 5.56 Å². The zero-order chi connectivity index (χ0) is 21.2. The topological polar surface area (TPSA) is 38.1 Å². The Morgan fingerprint density at radius 3 is 2.26 bits per heavy atom. The van der Waals surface area contributed by atoms with Gasteiger partial charge in [-0.05, 0) is 56.7 Å². The molecule has 0 unspecified atom stereocenters. The highest BCUT2D eigenvalue weighted by Crippen LogP contribution is 2.41. The molecule has 1 saturated heterocycles. The maximum absolute atomic E-state index is 12.6. The minimum absolute atomic E-state index is 0.0398. The van der Waals surface area contributed by atoms with E-state index in [2.05, 4.69) is 36.2 Å². The minimum atomic E-state index is -0.0398. The molecule has 0 aliphatic carbocycles. The normalized spacial score (nSPS) is 15.3. The van der Waals surface area contributed by atoms with Crippen LogP contribution in [0.3, 0.4) is 0 Å². The predicted octanol–water partition coefficient (Wildman–Crippen LogP) is 5.44. The molecule has 0 amide bonds. The Morgan fingerprint density at radius 2 is 1.55 bits per heavy atom. The summed E-state index contributed by atoms with van der Waals surface area (Å²) in [6.07, 6.45) is 4.21. The lowest BCUT2D eigenvalue weighted by Crippen LogP contribution is -2.29. The quantitative estimate of drug-likeness (QED) is 0.435. The third-order valence-electron chi connectivity index (χ3n) is 5.97. The Labute approximate surface area is 186 Å². The van der Waals surface area contributed by atoms with Gasteiger partial charge in [-0.3, -0.25) is 9.36 Å². The molecule has 1 aliphatic heterocycles. The summed E-state index contributed by atoms with van der Waals surface area (Å²) >= 11 is 1.80. The molecule has 4 nitrogen and oxygen atoms in total. The Morgan fingerprint density at radius 1 is 0.871 bits per heavy atom. The van der Waals surface area contributed by atoms with Crippen LogP contribution in [0.1, 0.15) is 23.8 Å². The van der Waals surface area contributed by atoms with E-state index < -0.39 is 0 Å². The fraction of sp³-hybridized carbons (Fsp3) is 0.231. The van der Waals surface area contributed by atoms with Crippen LogP contribution < -0.4 is 5.56 Å². The van der Waals surface area contributed by atoms with Crippen molar-refractivity contribution in [3.05, 3.63) is 94.4 Å². The van der Waals surface area contributed by atoms with E-state index in [4.69, 9.17) is 4.98 Å². The first-order valence-electron chi connectivity index (χ1n) is 10.7. The second kappa shape index (κ2) is 8.61. The number of rotatable bonds is 4. The maximum atomic E-state index is 12.6. The number of pyridine rings is 1. The first-order valence-corrected chi connectivity index (χ1v) is 11.5. The molecule has 0 atom stereocenters. The zero-order valence-corrected chi connectivity index (χ0v) is 18.4. The van der Waals surface area contributed by atoms with Crippen LogP contribution in [0.2, 0.25) is 0 Å². The van der Waals surface area contributed by atoms with Crippen molar-refractivity contribution in [1.82, 2.24) is 14.5 Å². The molecule has 1 fully saturated rings. The number of hydrogen-bond acceptors (Lipinski definition) is 4. The van der Waals surface area contributed by atoms with Crippen LogP contribution in [0.15, 0.2) is 83.8 Å². The Balaban J connectivity index is 1.62. The van der Waals surface area contributed by atoms with Crippen LogP contribution in [0.4, 0.5) is 0 Å². The summed E-state index contributed by atoms with van der Waals surface area (Å²) in [5.74, 6) is 0.498. The number of likely N-dealkylation sites (tertiary alicyclic amines) is 1. The maximum Gasteiger partial charge on any atom is 0.255 e. The largest absolute Gasteiger partial charge is 0.306 e. The SMILES string of the molecule is CN1CCC(c2nc(-c3ccc(=O)n(-c4ccccc4)c3)c(-c3ccccc3)s2)CC1. The highest BCUT2D eigenvalue weighted by atomic mass is 32.1. The lowest BCUT2D eigenvalue weighted by molar-refractivity contribution is 0.255. The van der Waals surface area contributed by atoms with Gasteiger partial charge in [0, 0.05) is 29.4 Å². The van der Waals surface area contributed by atoms with Gasteiger partial charge in [0.15, 0.2) is 0 Å². The molecule has 3 heterocycles. The standard InChI is InChI=1S/C26H25N3OS/c1-28-16-14-20(15-17-28)26-27-24(25(31-26)19-8-4-2-5-9-19)21-12-13-23(30)29(18-21)22-10-6-3-7-11-22/h2-13,18,20H,14-17H2,1H3. The van der Waals surface area contributed by atoms with E-state index >= 15 is 0 Å². The number of hydrogen-bond donors (Lipinski definition) is 0. The van der Waals surface area contributed by atoms with E-state index in [0.717, 1.165) is 42.9 Å². The molecule has 2 aromatic carbocycles. The molecule has 0 bridgehead atoms. The van der Waals surface area contributed by atoms with Gasteiger partial charge in [-0.25, -0.2) is 4.98 Å². The lowest BCUT2D eigenvalue weighted by atomic mass is 9.98. The number of nitrogens with zero attached hydrogens (tertiary/aromatic N) is 3. The number of benzene rings is 2. The summed E-state index contributed by atoms with van der Waals surface area (Å²) in [7, 11) is 2.19. The summed E-state index contributed by atoms with van der Waals surface area (Å²) in [4.78, 5) is 21.3. The molecule has 5 rings (SSSR count). The van der Waals surface area contributed by atoms with E-state index in [1.54, 1.807) is 22.0 Å². The molecule has 2 aromatic heterocycles. The van der Waals surface area contributed by atoms with Gasteiger partial charge in [-0.1, -0.05) is 48.5 Å². The van der Waals surface area contributed by atoms with Crippen molar-refractivity contribution in [2.24, 2.45) is 0 Å². The number of thiazole rings is 1. The molecule has 0 spiro atoms. The molecule has 0 radical (unpaired) electrons. The van der Waals surface area contributed by atoms with Crippen LogP contribution in [0.25, 0.3) is 27.4 Å². The van der Waals surface area contributed by atoms with Gasteiger partial charge < -0.3 is 4.90 Å². The average molecular weight is 428 g/mol. The fourth-order valence-electron chi connectivity index (χ4n) is 4.17. The van der Waals surface area contributed by atoms with E-state index in [1.165, 1.54) is 15.4 Å². The molecule has 1 aliphatic rings. The van der Waals surface area contributed by atoms with Gasteiger partial charge in [0.1, 0.15) is 0 Å². The molecule has 4 aromatic rings. The molecule has 0 N–H and O–H groups in total. The smallest absolute Gasteiger partial charge is 0.255 e. The number of aromatic nitrogens is 2. The van der Waals surface area contributed by atoms with Gasteiger partial charge in [-0.2, -0.15) is 0 Å². The van der Waals surface area contributed by atoms with Gasteiger partial charge in [0.25, 0.3) is 5.56 Å². The van der Waals surface area contributed by atoms with Crippen LogP contribution in [-0.2, 0) is 0 Å².